The van der Waals surface area contributed by atoms with Gasteiger partial charge in [-0.25, -0.2) is 15.4 Å². The van der Waals surface area contributed by atoms with Crippen molar-refractivity contribution >= 4 is 17.7 Å². The zero-order valence-electron chi connectivity index (χ0n) is 17.0. The molecule has 152 valence electrons. The average Bonchev–Trinajstić information content (AvgIpc) is 3.02. The Morgan fingerprint density at radius 2 is 1.93 bits per heavy atom. The fourth-order valence-electron chi connectivity index (χ4n) is 3.98. The van der Waals surface area contributed by atoms with Crippen molar-refractivity contribution in [1.82, 2.24) is 25.7 Å². The van der Waals surface area contributed by atoms with Crippen molar-refractivity contribution in [2.45, 2.75) is 44.1 Å². The summed E-state index contributed by atoms with van der Waals surface area (Å²) in [7, 11) is 1.68. The van der Waals surface area contributed by atoms with Gasteiger partial charge in [0.2, 0.25) is 0 Å². The maximum atomic E-state index is 12.8. The quantitative estimate of drug-likeness (QED) is 0.578. The van der Waals surface area contributed by atoms with Gasteiger partial charge in [0.15, 0.2) is 5.16 Å². The third-order valence-electron chi connectivity index (χ3n) is 5.18. The number of hydrogen-bond donors (Lipinski definition) is 2. The van der Waals surface area contributed by atoms with Crippen LogP contribution in [0.2, 0.25) is 0 Å². The van der Waals surface area contributed by atoms with Crippen molar-refractivity contribution in [3.8, 4) is 5.75 Å². The summed E-state index contributed by atoms with van der Waals surface area (Å²) in [5, 5.41) is 5.95. The van der Waals surface area contributed by atoms with E-state index < -0.39 is 0 Å². The van der Waals surface area contributed by atoms with E-state index in [1.54, 1.807) is 18.2 Å². The number of hydrazine groups is 1. The lowest BCUT2D eigenvalue weighted by atomic mass is 9.90. The average molecular weight is 412 g/mol. The maximum absolute atomic E-state index is 12.8. The van der Waals surface area contributed by atoms with Crippen LogP contribution < -0.4 is 15.5 Å². The minimum absolute atomic E-state index is 0.0464. The van der Waals surface area contributed by atoms with E-state index in [-0.39, 0.29) is 24.0 Å². The van der Waals surface area contributed by atoms with E-state index in [2.05, 4.69) is 33.7 Å². The van der Waals surface area contributed by atoms with Gasteiger partial charge in [-0.1, -0.05) is 30.0 Å². The minimum atomic E-state index is -0.186. The Balaban J connectivity index is 1.55. The molecule has 0 radical (unpaired) electrons. The number of fused-ring (bicyclic) bond motifs is 1. The number of carbonyl (C=O) groups excluding carboxylic acids is 1. The number of rotatable bonds is 5. The fraction of sp³-hybridized carbons (Fsp3) is 0.381. The second-order valence-corrected chi connectivity index (χ2v) is 8.32. The standard InChI is InChI=1S/C21H25N5O2S/c1-12-9-13(2)23-21(22-12)29-11-15-10-18(27)26-20(24-15)19(14(3)25-26)16-7-5-6-8-17(16)28-4/h5-10,14,19-20,24-25H,11H2,1-4H3. The maximum Gasteiger partial charge on any atom is 0.264 e. The van der Waals surface area contributed by atoms with Crippen LogP contribution in [0.1, 0.15) is 29.8 Å². The van der Waals surface area contributed by atoms with E-state index >= 15 is 0 Å². The summed E-state index contributed by atoms with van der Waals surface area (Å²) in [4.78, 5) is 21.7. The Hall–Kier alpha value is -2.58. The highest BCUT2D eigenvalue weighted by Gasteiger charge is 2.45. The summed E-state index contributed by atoms with van der Waals surface area (Å²) in [6, 6.07) is 10.0. The smallest absolute Gasteiger partial charge is 0.264 e. The zero-order chi connectivity index (χ0) is 20.5. The molecule has 2 aromatic rings. The number of benzene rings is 1. The molecule has 2 aliphatic heterocycles. The molecule has 2 N–H and O–H groups in total. The molecule has 1 aromatic carbocycles. The van der Waals surface area contributed by atoms with Crippen LogP contribution in [0.5, 0.6) is 5.75 Å². The Bertz CT molecular complexity index is 944. The SMILES string of the molecule is COc1ccccc1C1C(C)NN2C(=O)C=C(CSc3nc(C)cc(C)n3)NC12. The topological polar surface area (TPSA) is 79.4 Å². The second-order valence-electron chi connectivity index (χ2n) is 7.37. The van der Waals surface area contributed by atoms with Gasteiger partial charge >= 0.3 is 0 Å². The number of aryl methyl sites for hydroxylation is 2. The van der Waals surface area contributed by atoms with Crippen LogP contribution in [0, 0.1) is 13.8 Å². The van der Waals surface area contributed by atoms with Crippen LogP contribution in [0.25, 0.3) is 0 Å². The Morgan fingerprint density at radius 1 is 1.21 bits per heavy atom. The van der Waals surface area contributed by atoms with Crippen LogP contribution in [0.4, 0.5) is 0 Å². The predicted molar refractivity (Wildman–Crippen MR) is 112 cm³/mol. The van der Waals surface area contributed by atoms with Crippen LogP contribution >= 0.6 is 11.8 Å². The highest BCUT2D eigenvalue weighted by atomic mass is 32.2. The number of thioether (sulfide) groups is 1. The Labute approximate surface area is 174 Å². The second kappa shape index (κ2) is 8.04. The van der Waals surface area contributed by atoms with Crippen molar-refractivity contribution in [2.75, 3.05) is 12.9 Å². The van der Waals surface area contributed by atoms with Gasteiger partial charge in [0.05, 0.1) is 7.11 Å². The lowest BCUT2D eigenvalue weighted by Gasteiger charge is -2.33. The highest BCUT2D eigenvalue weighted by molar-refractivity contribution is 7.99. The number of para-hydroxylation sites is 1. The molecule has 1 aromatic heterocycles. The summed E-state index contributed by atoms with van der Waals surface area (Å²) >= 11 is 1.53. The van der Waals surface area contributed by atoms with E-state index in [1.807, 2.05) is 38.1 Å². The number of methoxy groups -OCH3 is 1. The van der Waals surface area contributed by atoms with Crippen LogP contribution in [0.15, 0.2) is 47.3 Å². The molecule has 3 unspecified atom stereocenters. The molecular formula is C21H25N5O2S. The van der Waals surface area contributed by atoms with Gasteiger partial charge < -0.3 is 10.1 Å². The number of hydrogen-bond acceptors (Lipinski definition) is 7. The monoisotopic (exact) mass is 411 g/mol. The summed E-state index contributed by atoms with van der Waals surface area (Å²) in [6.07, 6.45) is 1.46. The van der Waals surface area contributed by atoms with Crippen LogP contribution in [-0.2, 0) is 4.79 Å². The van der Waals surface area contributed by atoms with E-state index in [1.165, 1.54) is 11.8 Å². The first kappa shape index (κ1) is 19.7. The lowest BCUT2D eigenvalue weighted by molar-refractivity contribution is -0.131. The normalized spacial score (nSPS) is 23.4. The first-order valence-corrected chi connectivity index (χ1v) is 10.6. The third-order valence-corrected chi connectivity index (χ3v) is 6.08. The number of nitrogens with one attached hydrogen (secondary N) is 2. The molecule has 0 bridgehead atoms. The van der Waals surface area contributed by atoms with Gasteiger partial charge in [0, 0.05) is 46.4 Å². The van der Waals surface area contributed by atoms with Gasteiger partial charge in [-0.05, 0) is 32.9 Å². The van der Waals surface area contributed by atoms with E-state index in [4.69, 9.17) is 4.74 Å². The number of nitrogens with zero attached hydrogens (tertiary/aromatic N) is 3. The third kappa shape index (κ3) is 3.95. The van der Waals surface area contributed by atoms with Gasteiger partial charge in [0.1, 0.15) is 11.9 Å². The fourth-order valence-corrected chi connectivity index (χ4v) is 4.85. The van der Waals surface area contributed by atoms with Crippen molar-refractivity contribution in [2.24, 2.45) is 0 Å². The molecule has 0 spiro atoms. The molecule has 0 saturated carbocycles. The molecule has 8 heteroatoms. The molecular weight excluding hydrogens is 386 g/mol. The molecule has 7 nitrogen and oxygen atoms in total. The summed E-state index contributed by atoms with van der Waals surface area (Å²) in [5.74, 6) is 1.44. The van der Waals surface area contributed by atoms with Crippen molar-refractivity contribution in [1.29, 1.82) is 0 Å². The van der Waals surface area contributed by atoms with Crippen molar-refractivity contribution in [3.05, 3.63) is 59.1 Å². The highest BCUT2D eigenvalue weighted by Crippen LogP contribution is 2.37. The largest absolute Gasteiger partial charge is 0.496 e. The summed E-state index contributed by atoms with van der Waals surface area (Å²) in [6.45, 7) is 6.01. The number of carbonyl (C=O) groups is 1. The first-order valence-electron chi connectivity index (χ1n) is 9.60. The van der Waals surface area contributed by atoms with Crippen molar-refractivity contribution in [3.63, 3.8) is 0 Å². The van der Waals surface area contributed by atoms with Crippen molar-refractivity contribution < 1.29 is 9.53 Å². The molecule has 3 heterocycles. The van der Waals surface area contributed by atoms with Gasteiger partial charge in [-0.3, -0.25) is 9.80 Å². The Morgan fingerprint density at radius 3 is 2.66 bits per heavy atom. The van der Waals surface area contributed by atoms with Gasteiger partial charge in [-0.2, -0.15) is 0 Å². The van der Waals surface area contributed by atoms with Gasteiger partial charge in [-0.15, -0.1) is 0 Å². The van der Waals surface area contributed by atoms with Crippen LogP contribution in [0.3, 0.4) is 0 Å². The molecule has 2 aliphatic rings. The molecule has 1 saturated heterocycles. The molecule has 29 heavy (non-hydrogen) atoms. The van der Waals surface area contributed by atoms with Crippen LogP contribution in [-0.4, -0.2) is 46.0 Å². The molecule has 1 amide bonds. The minimum Gasteiger partial charge on any atom is -0.496 e. The predicted octanol–water partition coefficient (Wildman–Crippen LogP) is 2.53. The Kier molecular flexibility index (Phi) is 5.47. The molecule has 0 aliphatic carbocycles. The van der Waals surface area contributed by atoms with E-state index in [9.17, 15) is 4.79 Å². The number of amides is 1. The number of aromatic nitrogens is 2. The summed E-state index contributed by atoms with van der Waals surface area (Å²) in [5.41, 5.74) is 7.14. The first-order chi connectivity index (χ1) is 14.0. The number of ether oxygens (including phenoxy) is 1. The van der Waals surface area contributed by atoms with E-state index in [0.717, 1.165) is 33.6 Å². The summed E-state index contributed by atoms with van der Waals surface area (Å²) < 4.78 is 5.57. The molecule has 4 rings (SSSR count). The van der Waals surface area contributed by atoms with Gasteiger partial charge in [0.25, 0.3) is 5.91 Å². The van der Waals surface area contributed by atoms with E-state index in [0.29, 0.717) is 5.75 Å². The molecule has 3 atom stereocenters. The molecule has 1 fully saturated rings. The lowest BCUT2D eigenvalue weighted by Crippen LogP contribution is -2.53. The zero-order valence-corrected chi connectivity index (χ0v) is 17.8.